The molecule has 180 valence electrons. The molecule has 4 nitrogen and oxygen atoms in total. The zero-order chi connectivity index (χ0) is 25.5. The van der Waals surface area contributed by atoms with Gasteiger partial charge in [-0.1, -0.05) is 97.1 Å². The Kier molecular flexibility index (Phi) is 12.0. The van der Waals surface area contributed by atoms with E-state index in [9.17, 15) is 9.59 Å². The van der Waals surface area contributed by atoms with Crippen molar-refractivity contribution in [3.8, 4) is 0 Å². The Labute approximate surface area is 212 Å². The van der Waals surface area contributed by atoms with E-state index in [1.807, 2.05) is 79.7 Å². The van der Waals surface area contributed by atoms with E-state index in [0.29, 0.717) is 24.2 Å². The van der Waals surface area contributed by atoms with Gasteiger partial charge in [-0.3, -0.25) is 9.59 Å². The molecule has 0 unspecified atom stereocenters. The van der Waals surface area contributed by atoms with Crippen molar-refractivity contribution in [2.24, 2.45) is 5.73 Å². The highest BCUT2D eigenvalue weighted by Gasteiger charge is 2.04. The summed E-state index contributed by atoms with van der Waals surface area (Å²) in [4.78, 5) is 22.2. The predicted octanol–water partition coefficient (Wildman–Crippen LogP) is 6.44. The van der Waals surface area contributed by atoms with Crippen LogP contribution in [-0.2, 0) is 13.1 Å². The van der Waals surface area contributed by atoms with Gasteiger partial charge in [0.1, 0.15) is 0 Å². The quantitative estimate of drug-likeness (QED) is 0.318. The maximum absolute atomic E-state index is 11.8. The van der Waals surface area contributed by atoms with Crippen LogP contribution in [0.3, 0.4) is 0 Å². The van der Waals surface area contributed by atoms with Crippen LogP contribution in [0.25, 0.3) is 0 Å². The topological polar surface area (TPSA) is 72.2 Å². The summed E-state index contributed by atoms with van der Waals surface area (Å²) in [7, 11) is 0. The first kappa shape index (κ1) is 27.5. The number of hydrogen-bond acceptors (Lipinski definition) is 3. The maximum Gasteiger partial charge on any atom is 0.252 e. The third kappa shape index (κ3) is 9.97. The molecule has 4 aromatic carbocycles. The van der Waals surface area contributed by atoms with Crippen LogP contribution in [0.5, 0.6) is 0 Å². The lowest BCUT2D eigenvalue weighted by molar-refractivity contribution is 0.0950. The normalized spacial score (nSPS) is 9.60. The Morgan fingerprint density at radius 2 is 1.09 bits per heavy atom. The smallest absolute Gasteiger partial charge is 0.252 e. The van der Waals surface area contributed by atoms with E-state index in [4.69, 9.17) is 17.3 Å². The molecule has 0 radical (unpaired) electrons. The molecule has 0 saturated carbocycles. The highest BCUT2D eigenvalue weighted by atomic mass is 35.5. The van der Waals surface area contributed by atoms with Gasteiger partial charge in [-0.15, -0.1) is 0 Å². The van der Waals surface area contributed by atoms with Crippen molar-refractivity contribution in [3.05, 3.63) is 143 Å². The minimum absolute atomic E-state index is 0.0335. The average Bonchev–Trinajstić information content (AvgIpc) is 2.90. The number of nitrogens with two attached hydrogens (primary N) is 1. The molecule has 0 heterocycles. The summed E-state index contributed by atoms with van der Waals surface area (Å²) in [6, 6.07) is 34.2. The van der Waals surface area contributed by atoms with E-state index in [2.05, 4.69) is 24.4 Å². The molecule has 0 aliphatic heterocycles. The van der Waals surface area contributed by atoms with Crippen molar-refractivity contribution in [1.29, 1.82) is 0 Å². The molecule has 0 saturated heterocycles. The standard InChI is InChI=1S/C15H15NO.C8H11N.C7H5ClO/c1-12-7-5-6-10-14(12)11-16-15(17)13-8-3-2-4-9-13;1-7-4-2-3-5-8(7)6-9;8-7(9)6-4-2-1-3-5-6/h2-10H,11H2,1H3,(H,16,17);2-5H,6,9H2,1H3;1-5H. The van der Waals surface area contributed by atoms with E-state index < -0.39 is 5.24 Å². The maximum atomic E-state index is 11.8. The van der Waals surface area contributed by atoms with Gasteiger partial charge in [0.25, 0.3) is 11.1 Å². The van der Waals surface area contributed by atoms with Gasteiger partial charge < -0.3 is 11.1 Å². The number of nitrogens with one attached hydrogen (secondary N) is 1. The van der Waals surface area contributed by atoms with E-state index in [0.717, 1.165) is 5.56 Å². The highest BCUT2D eigenvalue weighted by Crippen LogP contribution is 2.07. The second-order valence-electron chi connectivity index (χ2n) is 7.75. The molecule has 0 bridgehead atoms. The largest absolute Gasteiger partial charge is 0.348 e. The lowest BCUT2D eigenvalue weighted by Gasteiger charge is -2.07. The lowest BCUT2D eigenvalue weighted by Crippen LogP contribution is -2.23. The molecule has 0 aliphatic carbocycles. The van der Waals surface area contributed by atoms with Crippen molar-refractivity contribution >= 4 is 22.8 Å². The fraction of sp³-hybridized carbons (Fsp3) is 0.133. The van der Waals surface area contributed by atoms with Crippen LogP contribution in [-0.4, -0.2) is 11.1 Å². The SMILES string of the molecule is Cc1ccccc1CN.Cc1ccccc1CNC(=O)c1ccccc1.O=C(Cl)c1ccccc1. The summed E-state index contributed by atoms with van der Waals surface area (Å²) in [5.74, 6) is -0.0335. The summed E-state index contributed by atoms with van der Waals surface area (Å²) in [6.45, 7) is 5.33. The van der Waals surface area contributed by atoms with Crippen LogP contribution in [0.4, 0.5) is 0 Å². The zero-order valence-corrected chi connectivity index (χ0v) is 20.8. The second kappa shape index (κ2) is 15.2. The Morgan fingerprint density at radius 1 is 0.657 bits per heavy atom. The fourth-order valence-corrected chi connectivity index (χ4v) is 3.21. The van der Waals surface area contributed by atoms with E-state index in [-0.39, 0.29) is 5.91 Å². The number of halogens is 1. The van der Waals surface area contributed by atoms with E-state index in [1.165, 1.54) is 16.7 Å². The number of hydrogen-bond donors (Lipinski definition) is 2. The van der Waals surface area contributed by atoms with Crippen LogP contribution in [0.15, 0.2) is 109 Å². The Hall–Kier alpha value is -3.73. The predicted molar refractivity (Wildman–Crippen MR) is 144 cm³/mol. The summed E-state index contributed by atoms with van der Waals surface area (Å²) >= 11 is 5.16. The Bertz CT molecular complexity index is 1200. The van der Waals surface area contributed by atoms with Crippen molar-refractivity contribution < 1.29 is 9.59 Å². The first-order valence-corrected chi connectivity index (χ1v) is 11.7. The van der Waals surface area contributed by atoms with Crippen molar-refractivity contribution in [3.63, 3.8) is 0 Å². The van der Waals surface area contributed by atoms with Crippen LogP contribution < -0.4 is 11.1 Å². The van der Waals surface area contributed by atoms with Gasteiger partial charge in [-0.05, 0) is 59.8 Å². The molecule has 0 atom stereocenters. The molecule has 35 heavy (non-hydrogen) atoms. The minimum Gasteiger partial charge on any atom is -0.348 e. The third-order valence-electron chi connectivity index (χ3n) is 5.22. The lowest BCUT2D eigenvalue weighted by atomic mass is 10.1. The molecule has 4 rings (SSSR count). The van der Waals surface area contributed by atoms with Gasteiger partial charge in [0.2, 0.25) is 0 Å². The summed E-state index contributed by atoms with van der Waals surface area (Å²) in [6.07, 6.45) is 0. The molecule has 3 N–H and O–H groups in total. The molecule has 4 aromatic rings. The van der Waals surface area contributed by atoms with Gasteiger partial charge >= 0.3 is 0 Å². The molecular weight excluding hydrogens is 456 g/mol. The number of rotatable bonds is 5. The number of carbonyl (C=O) groups is 2. The number of benzene rings is 4. The summed E-state index contributed by atoms with van der Waals surface area (Å²) < 4.78 is 0. The van der Waals surface area contributed by atoms with Crippen molar-refractivity contribution in [1.82, 2.24) is 5.32 Å². The Balaban J connectivity index is 0.000000203. The van der Waals surface area contributed by atoms with Gasteiger partial charge in [0.05, 0.1) is 0 Å². The monoisotopic (exact) mass is 486 g/mol. The van der Waals surface area contributed by atoms with E-state index >= 15 is 0 Å². The molecule has 0 aliphatic rings. The average molecular weight is 487 g/mol. The van der Waals surface area contributed by atoms with Gasteiger partial charge in [0, 0.05) is 24.2 Å². The minimum atomic E-state index is -0.407. The van der Waals surface area contributed by atoms with Crippen molar-refractivity contribution in [2.75, 3.05) is 0 Å². The van der Waals surface area contributed by atoms with Crippen molar-refractivity contribution in [2.45, 2.75) is 26.9 Å². The molecule has 1 amide bonds. The molecular formula is C30H31ClN2O2. The first-order valence-electron chi connectivity index (χ1n) is 11.3. The third-order valence-corrected chi connectivity index (χ3v) is 5.44. The van der Waals surface area contributed by atoms with Gasteiger partial charge in [-0.2, -0.15) is 0 Å². The first-order chi connectivity index (χ1) is 16.9. The Morgan fingerprint density at radius 3 is 1.49 bits per heavy atom. The van der Waals surface area contributed by atoms with Crippen LogP contribution >= 0.6 is 11.6 Å². The summed E-state index contributed by atoms with van der Waals surface area (Å²) in [5.41, 5.74) is 11.5. The molecule has 0 spiro atoms. The highest BCUT2D eigenvalue weighted by molar-refractivity contribution is 6.67. The number of amides is 1. The molecule has 0 fully saturated rings. The van der Waals surface area contributed by atoms with Crippen LogP contribution in [0.1, 0.15) is 43.0 Å². The van der Waals surface area contributed by atoms with Gasteiger partial charge in [0.15, 0.2) is 0 Å². The molecule has 0 aromatic heterocycles. The molecule has 5 heteroatoms. The number of carbonyl (C=O) groups excluding carboxylic acids is 2. The zero-order valence-electron chi connectivity index (χ0n) is 20.1. The van der Waals surface area contributed by atoms with Crippen LogP contribution in [0, 0.1) is 13.8 Å². The summed E-state index contributed by atoms with van der Waals surface area (Å²) in [5, 5.41) is 2.51. The van der Waals surface area contributed by atoms with Gasteiger partial charge in [-0.25, -0.2) is 0 Å². The number of aryl methyl sites for hydroxylation is 2. The second-order valence-corrected chi connectivity index (χ2v) is 8.09. The fourth-order valence-electron chi connectivity index (χ4n) is 3.08. The van der Waals surface area contributed by atoms with Crippen LogP contribution in [0.2, 0.25) is 0 Å². The van der Waals surface area contributed by atoms with E-state index in [1.54, 1.807) is 24.3 Å².